The van der Waals surface area contributed by atoms with Gasteiger partial charge in [-0.15, -0.1) is 0 Å². The van der Waals surface area contributed by atoms with Gasteiger partial charge in [0, 0.05) is 46.2 Å². The first-order valence-corrected chi connectivity index (χ1v) is 18.1. The van der Waals surface area contributed by atoms with Gasteiger partial charge < -0.3 is 33.3 Å². The molecule has 264 valence electrons. The van der Waals surface area contributed by atoms with Crippen LogP contribution in [0.2, 0.25) is 10.0 Å². The summed E-state index contributed by atoms with van der Waals surface area (Å²) in [6.07, 6.45) is 0. The number of hydrogen-bond donors (Lipinski definition) is 0. The van der Waals surface area contributed by atoms with E-state index in [0.717, 1.165) is 4.31 Å². The van der Waals surface area contributed by atoms with Crippen molar-refractivity contribution in [3.05, 3.63) is 76.3 Å². The number of halogens is 2. The van der Waals surface area contributed by atoms with Gasteiger partial charge in [0.15, 0.2) is 23.0 Å². The topological polar surface area (TPSA) is 130 Å². The summed E-state index contributed by atoms with van der Waals surface area (Å²) < 4.78 is 63.1. The molecule has 2 heterocycles. The molecule has 0 aliphatic carbocycles. The summed E-state index contributed by atoms with van der Waals surface area (Å²) >= 11 is 13.2. The predicted octanol–water partition coefficient (Wildman–Crippen LogP) is 6.02. The Hall–Kier alpha value is -4.59. The van der Waals surface area contributed by atoms with Crippen molar-refractivity contribution < 1.29 is 46.4 Å². The maximum Gasteiger partial charge on any atom is 0.326 e. The summed E-state index contributed by atoms with van der Waals surface area (Å²) in [5.74, 6) is 0.334. The number of rotatable bonds is 12. The molecule has 0 saturated heterocycles. The van der Waals surface area contributed by atoms with E-state index in [2.05, 4.69) is 0 Å². The van der Waals surface area contributed by atoms with E-state index in [1.165, 1.54) is 12.1 Å². The monoisotopic (exact) mass is 744 g/mol. The fourth-order valence-electron chi connectivity index (χ4n) is 5.77. The molecule has 0 aromatic heterocycles. The zero-order valence-electron chi connectivity index (χ0n) is 27.3. The largest absolute Gasteiger partial charge is 0.486 e. The van der Waals surface area contributed by atoms with Crippen molar-refractivity contribution in [3.63, 3.8) is 0 Å². The highest BCUT2D eigenvalue weighted by molar-refractivity contribution is 7.93. The first-order valence-electron chi connectivity index (χ1n) is 15.9. The van der Waals surface area contributed by atoms with E-state index in [1.807, 2.05) is 0 Å². The first kappa shape index (κ1) is 35.2. The SMILES string of the molecule is CCOC(=O)CN(Cc1cc2c(cc1Cl)OCCO2)c1ccc(N(CC(=O)OCC)S(=O)(=O)c2cc3c(cc2Cl)OCCO3)c2ccccc12. The third kappa shape index (κ3) is 7.30. The number of benzene rings is 4. The minimum atomic E-state index is -4.51. The quantitative estimate of drug-likeness (QED) is 0.158. The van der Waals surface area contributed by atoms with Crippen molar-refractivity contribution in [1.29, 1.82) is 0 Å². The molecule has 4 aromatic rings. The minimum Gasteiger partial charge on any atom is -0.486 e. The summed E-state index contributed by atoms with van der Waals surface area (Å²) in [4.78, 5) is 27.4. The van der Waals surface area contributed by atoms with Crippen LogP contribution in [0.3, 0.4) is 0 Å². The van der Waals surface area contributed by atoms with Crippen molar-refractivity contribution in [2.45, 2.75) is 25.3 Å². The van der Waals surface area contributed by atoms with Crippen LogP contribution in [0, 0.1) is 0 Å². The summed E-state index contributed by atoms with van der Waals surface area (Å²) in [6, 6.07) is 16.4. The molecule has 0 amide bonds. The Balaban J connectivity index is 1.47. The van der Waals surface area contributed by atoms with Crippen LogP contribution in [-0.2, 0) is 35.6 Å². The third-order valence-corrected chi connectivity index (χ3v) is 10.5. The van der Waals surface area contributed by atoms with Gasteiger partial charge in [-0.05, 0) is 37.6 Å². The maximum atomic E-state index is 14.5. The third-order valence-electron chi connectivity index (χ3n) is 7.93. The molecule has 0 bridgehead atoms. The Bertz CT molecular complexity index is 2040. The molecule has 15 heteroatoms. The molecule has 2 aliphatic rings. The Morgan fingerprint density at radius 1 is 0.700 bits per heavy atom. The van der Waals surface area contributed by atoms with Gasteiger partial charge in [-0.25, -0.2) is 8.42 Å². The van der Waals surface area contributed by atoms with Crippen LogP contribution in [-0.4, -0.2) is 73.1 Å². The number of nitrogens with zero attached hydrogens (tertiary/aromatic N) is 2. The maximum absolute atomic E-state index is 14.5. The van der Waals surface area contributed by atoms with Crippen LogP contribution < -0.4 is 28.2 Å². The number of carbonyl (C=O) groups excluding carboxylic acids is 2. The highest BCUT2D eigenvalue weighted by atomic mass is 35.5. The van der Waals surface area contributed by atoms with Crippen LogP contribution in [0.4, 0.5) is 11.4 Å². The number of anilines is 2. The molecule has 12 nitrogen and oxygen atoms in total. The molecule has 0 atom stereocenters. The van der Waals surface area contributed by atoms with E-state index in [0.29, 0.717) is 57.5 Å². The van der Waals surface area contributed by atoms with E-state index < -0.39 is 28.5 Å². The zero-order chi connectivity index (χ0) is 35.4. The van der Waals surface area contributed by atoms with Crippen molar-refractivity contribution in [3.8, 4) is 23.0 Å². The Morgan fingerprint density at radius 2 is 1.20 bits per heavy atom. The fraction of sp³-hybridized carbons (Fsp3) is 0.314. The molecule has 50 heavy (non-hydrogen) atoms. The lowest BCUT2D eigenvalue weighted by Crippen LogP contribution is -2.37. The highest BCUT2D eigenvalue weighted by Crippen LogP contribution is 2.42. The lowest BCUT2D eigenvalue weighted by Gasteiger charge is -2.30. The summed E-state index contributed by atoms with van der Waals surface area (Å²) in [7, 11) is -4.51. The fourth-order valence-corrected chi connectivity index (χ4v) is 7.92. The lowest BCUT2D eigenvalue weighted by molar-refractivity contribution is -0.142. The molecule has 0 spiro atoms. The Morgan fingerprint density at radius 3 is 1.80 bits per heavy atom. The average Bonchev–Trinajstić information content (AvgIpc) is 3.10. The Labute approximate surface area is 299 Å². The van der Waals surface area contributed by atoms with Gasteiger partial charge in [0.1, 0.15) is 44.4 Å². The van der Waals surface area contributed by atoms with Crippen LogP contribution in [0.1, 0.15) is 19.4 Å². The van der Waals surface area contributed by atoms with Gasteiger partial charge in [0.2, 0.25) is 0 Å². The van der Waals surface area contributed by atoms with E-state index in [1.54, 1.807) is 67.3 Å². The summed E-state index contributed by atoms with van der Waals surface area (Å²) in [6.45, 7) is 4.24. The number of carbonyl (C=O) groups is 2. The first-order chi connectivity index (χ1) is 24.1. The van der Waals surface area contributed by atoms with Crippen LogP contribution in [0.25, 0.3) is 10.8 Å². The smallest absolute Gasteiger partial charge is 0.326 e. The van der Waals surface area contributed by atoms with Crippen molar-refractivity contribution in [1.82, 2.24) is 0 Å². The van der Waals surface area contributed by atoms with Crippen molar-refractivity contribution in [2.75, 3.05) is 61.9 Å². The van der Waals surface area contributed by atoms with Crippen LogP contribution in [0.15, 0.2) is 65.6 Å². The molecule has 6 rings (SSSR count). The van der Waals surface area contributed by atoms with Gasteiger partial charge in [0.25, 0.3) is 10.0 Å². The van der Waals surface area contributed by atoms with E-state index in [-0.39, 0.29) is 60.9 Å². The predicted molar refractivity (Wildman–Crippen MR) is 188 cm³/mol. The summed E-state index contributed by atoms with van der Waals surface area (Å²) in [5.41, 5.74) is 1.42. The molecule has 2 aliphatic heterocycles. The van der Waals surface area contributed by atoms with Gasteiger partial charge >= 0.3 is 11.9 Å². The molecule has 0 saturated carbocycles. The number of ether oxygens (including phenoxy) is 6. The average molecular weight is 746 g/mol. The number of esters is 2. The van der Waals surface area contributed by atoms with Gasteiger partial charge in [-0.2, -0.15) is 0 Å². The van der Waals surface area contributed by atoms with Gasteiger partial charge in [0.05, 0.1) is 23.9 Å². The van der Waals surface area contributed by atoms with Gasteiger partial charge in [-0.3, -0.25) is 13.9 Å². The summed E-state index contributed by atoms with van der Waals surface area (Å²) in [5, 5.41) is 1.35. The highest BCUT2D eigenvalue weighted by Gasteiger charge is 2.33. The second-order valence-corrected chi connectivity index (χ2v) is 13.8. The normalized spacial score (nSPS) is 13.4. The lowest BCUT2D eigenvalue weighted by atomic mass is 10.0. The van der Waals surface area contributed by atoms with E-state index >= 15 is 0 Å². The molecule has 0 N–H and O–H groups in total. The number of fused-ring (bicyclic) bond motifs is 3. The molecule has 4 aromatic carbocycles. The number of sulfonamides is 1. The zero-order valence-corrected chi connectivity index (χ0v) is 29.6. The molecule has 0 radical (unpaired) electrons. The van der Waals surface area contributed by atoms with E-state index in [9.17, 15) is 18.0 Å². The second kappa shape index (κ2) is 15.1. The van der Waals surface area contributed by atoms with Crippen LogP contribution >= 0.6 is 23.2 Å². The Kier molecular flexibility index (Phi) is 10.7. The van der Waals surface area contributed by atoms with Crippen molar-refractivity contribution >= 4 is 67.3 Å². The minimum absolute atomic E-state index is 0.0441. The number of hydrogen-bond acceptors (Lipinski definition) is 11. The molecule has 0 unspecified atom stereocenters. The second-order valence-electron chi connectivity index (χ2n) is 11.1. The molecular weight excluding hydrogens is 711 g/mol. The van der Waals surface area contributed by atoms with Crippen molar-refractivity contribution in [2.24, 2.45) is 0 Å². The van der Waals surface area contributed by atoms with E-state index in [4.69, 9.17) is 51.6 Å². The van der Waals surface area contributed by atoms with Crippen LogP contribution in [0.5, 0.6) is 23.0 Å². The molecule has 0 fully saturated rings. The standard InChI is InChI=1S/C35H34Cl2N2O10S/c1-3-44-34(40)20-38(19-22-15-29-30(16-25(22)36)47-12-11-46-29)27-9-10-28(24-8-6-5-7-23(24)27)39(21-35(41)45-4-2)50(42,43)33-18-32-31(17-26(33)37)48-13-14-49-32/h5-10,15-18H,3-4,11-14,19-21H2,1-2H3. The van der Waals surface area contributed by atoms with Gasteiger partial charge in [-0.1, -0.05) is 47.5 Å². The molecular formula is C35H34Cl2N2O10S.